The second-order valence-corrected chi connectivity index (χ2v) is 5.85. The van der Waals surface area contributed by atoms with Gasteiger partial charge in [0.15, 0.2) is 0 Å². The van der Waals surface area contributed by atoms with Crippen molar-refractivity contribution < 1.29 is 5.11 Å². The van der Waals surface area contributed by atoms with Crippen molar-refractivity contribution in [2.24, 2.45) is 0 Å². The number of rotatable bonds is 2. The third-order valence-corrected chi connectivity index (χ3v) is 4.59. The summed E-state index contributed by atoms with van der Waals surface area (Å²) in [6, 6.07) is 13.8. The van der Waals surface area contributed by atoms with Gasteiger partial charge in [0.05, 0.1) is 6.10 Å². The maximum atomic E-state index is 10.5. The Morgan fingerprint density at radius 2 is 1.94 bits per heavy atom. The molecule has 0 aromatic heterocycles. The summed E-state index contributed by atoms with van der Waals surface area (Å²) in [5.74, 6) is 0.150. The normalized spacial score (nSPS) is 18.9. The highest BCUT2D eigenvalue weighted by molar-refractivity contribution is 9.10. The van der Waals surface area contributed by atoms with E-state index in [-0.39, 0.29) is 5.92 Å². The van der Waals surface area contributed by atoms with Crippen LogP contribution in [0.15, 0.2) is 46.9 Å². The fourth-order valence-corrected chi connectivity index (χ4v) is 3.57. The van der Waals surface area contributed by atoms with Gasteiger partial charge in [0.25, 0.3) is 0 Å². The van der Waals surface area contributed by atoms with E-state index in [9.17, 15) is 5.11 Å². The van der Waals surface area contributed by atoms with Crippen molar-refractivity contribution in [3.05, 3.63) is 68.7 Å². The second kappa shape index (κ2) is 4.69. The monoisotopic (exact) mass is 322 g/mol. The second-order valence-electron chi connectivity index (χ2n) is 4.59. The summed E-state index contributed by atoms with van der Waals surface area (Å²) in [4.78, 5) is 0. The lowest BCUT2D eigenvalue weighted by molar-refractivity contribution is 0.134. The topological polar surface area (TPSA) is 20.2 Å². The predicted molar refractivity (Wildman–Crippen MR) is 77.0 cm³/mol. The molecule has 0 aliphatic heterocycles. The molecule has 18 heavy (non-hydrogen) atoms. The summed E-state index contributed by atoms with van der Waals surface area (Å²) in [6.07, 6.45) is 0.359. The third-order valence-electron chi connectivity index (χ3n) is 3.57. The molecule has 1 nitrogen and oxygen atoms in total. The Labute approximate surface area is 120 Å². The SMILES string of the molecule is OC(c1c(Cl)cccc1Br)C1Cc2ccccc21. The fraction of sp³-hybridized carbons (Fsp3) is 0.200. The van der Waals surface area contributed by atoms with Crippen molar-refractivity contribution in [1.82, 2.24) is 0 Å². The molecule has 0 amide bonds. The zero-order chi connectivity index (χ0) is 12.7. The molecule has 2 atom stereocenters. The molecule has 2 aromatic rings. The van der Waals surface area contributed by atoms with E-state index in [1.165, 1.54) is 11.1 Å². The van der Waals surface area contributed by atoms with Crippen LogP contribution in [0.3, 0.4) is 0 Å². The van der Waals surface area contributed by atoms with E-state index in [0.29, 0.717) is 5.02 Å². The van der Waals surface area contributed by atoms with Gasteiger partial charge in [0.1, 0.15) is 0 Å². The lowest BCUT2D eigenvalue weighted by atomic mass is 9.73. The van der Waals surface area contributed by atoms with Crippen LogP contribution in [0.5, 0.6) is 0 Å². The van der Waals surface area contributed by atoms with E-state index >= 15 is 0 Å². The van der Waals surface area contributed by atoms with Gasteiger partial charge in [-0.25, -0.2) is 0 Å². The van der Waals surface area contributed by atoms with E-state index in [0.717, 1.165) is 16.5 Å². The molecule has 0 bridgehead atoms. The number of aliphatic hydroxyl groups is 1. The molecular formula is C15H12BrClO. The summed E-state index contributed by atoms with van der Waals surface area (Å²) in [5, 5.41) is 11.1. The minimum Gasteiger partial charge on any atom is -0.388 e. The molecule has 0 saturated carbocycles. The van der Waals surface area contributed by atoms with Gasteiger partial charge in [-0.1, -0.05) is 57.9 Å². The molecule has 2 aromatic carbocycles. The summed E-state index contributed by atoms with van der Waals surface area (Å²) in [7, 11) is 0. The van der Waals surface area contributed by atoms with Gasteiger partial charge < -0.3 is 5.11 Å². The first-order valence-corrected chi connectivity index (χ1v) is 7.05. The molecule has 2 unspecified atom stereocenters. The van der Waals surface area contributed by atoms with Crippen molar-refractivity contribution in [2.45, 2.75) is 18.4 Å². The number of fused-ring (bicyclic) bond motifs is 1. The Morgan fingerprint density at radius 3 is 2.67 bits per heavy atom. The molecule has 1 aliphatic carbocycles. The quantitative estimate of drug-likeness (QED) is 0.864. The van der Waals surface area contributed by atoms with Crippen LogP contribution in [0.1, 0.15) is 28.7 Å². The maximum absolute atomic E-state index is 10.5. The van der Waals surface area contributed by atoms with Crippen LogP contribution in [-0.2, 0) is 6.42 Å². The first-order chi connectivity index (χ1) is 8.68. The Kier molecular flexibility index (Phi) is 3.18. The number of benzene rings is 2. The van der Waals surface area contributed by atoms with Crippen LogP contribution < -0.4 is 0 Å². The van der Waals surface area contributed by atoms with Crippen molar-refractivity contribution >= 4 is 27.5 Å². The number of hydrogen-bond acceptors (Lipinski definition) is 1. The lowest BCUT2D eigenvalue weighted by Crippen LogP contribution is -2.24. The number of halogens is 2. The molecule has 1 aliphatic rings. The van der Waals surface area contributed by atoms with Crippen molar-refractivity contribution in [1.29, 1.82) is 0 Å². The molecule has 0 saturated heterocycles. The highest BCUT2D eigenvalue weighted by Crippen LogP contribution is 2.46. The highest BCUT2D eigenvalue weighted by Gasteiger charge is 2.34. The molecule has 0 spiro atoms. The Balaban J connectivity index is 1.96. The van der Waals surface area contributed by atoms with Crippen LogP contribution in [0.2, 0.25) is 5.02 Å². The van der Waals surface area contributed by atoms with E-state index in [4.69, 9.17) is 11.6 Å². The van der Waals surface area contributed by atoms with Gasteiger partial charge in [-0.15, -0.1) is 0 Å². The molecule has 92 valence electrons. The minimum absolute atomic E-state index is 0.150. The molecular weight excluding hydrogens is 312 g/mol. The fourth-order valence-electron chi connectivity index (χ4n) is 2.57. The highest BCUT2D eigenvalue weighted by atomic mass is 79.9. The Morgan fingerprint density at radius 1 is 1.17 bits per heavy atom. The zero-order valence-electron chi connectivity index (χ0n) is 9.61. The summed E-state index contributed by atoms with van der Waals surface area (Å²) >= 11 is 9.65. The van der Waals surface area contributed by atoms with Gasteiger partial charge in [-0.2, -0.15) is 0 Å². The van der Waals surface area contributed by atoms with E-state index in [2.05, 4.69) is 28.1 Å². The van der Waals surface area contributed by atoms with Gasteiger partial charge in [-0.05, 0) is 29.7 Å². The molecule has 1 N–H and O–H groups in total. The summed E-state index contributed by atoms with van der Waals surface area (Å²) in [6.45, 7) is 0. The molecule has 0 fully saturated rings. The number of hydrogen-bond donors (Lipinski definition) is 1. The van der Waals surface area contributed by atoms with E-state index < -0.39 is 6.10 Å². The van der Waals surface area contributed by atoms with Crippen LogP contribution in [0.25, 0.3) is 0 Å². The molecule has 0 heterocycles. The van der Waals surface area contributed by atoms with Gasteiger partial charge in [0, 0.05) is 21.0 Å². The average Bonchev–Trinajstić information content (AvgIpc) is 2.30. The largest absolute Gasteiger partial charge is 0.388 e. The van der Waals surface area contributed by atoms with Gasteiger partial charge in [-0.3, -0.25) is 0 Å². The lowest BCUT2D eigenvalue weighted by Gasteiger charge is -2.34. The van der Waals surface area contributed by atoms with Crippen LogP contribution in [0, 0.1) is 0 Å². The van der Waals surface area contributed by atoms with Crippen molar-refractivity contribution in [3.63, 3.8) is 0 Å². The predicted octanol–water partition coefficient (Wildman–Crippen LogP) is 4.48. The van der Waals surface area contributed by atoms with Crippen LogP contribution in [0.4, 0.5) is 0 Å². The molecule has 0 radical (unpaired) electrons. The smallest absolute Gasteiger partial charge is 0.0887 e. The Bertz CT molecular complexity index is 577. The van der Waals surface area contributed by atoms with Crippen molar-refractivity contribution in [3.8, 4) is 0 Å². The van der Waals surface area contributed by atoms with Crippen LogP contribution in [-0.4, -0.2) is 5.11 Å². The maximum Gasteiger partial charge on any atom is 0.0887 e. The van der Waals surface area contributed by atoms with E-state index in [1.54, 1.807) is 0 Å². The van der Waals surface area contributed by atoms with Crippen LogP contribution >= 0.6 is 27.5 Å². The van der Waals surface area contributed by atoms with Crippen molar-refractivity contribution in [2.75, 3.05) is 0 Å². The zero-order valence-corrected chi connectivity index (χ0v) is 11.9. The van der Waals surface area contributed by atoms with Gasteiger partial charge in [0.2, 0.25) is 0 Å². The summed E-state index contributed by atoms with van der Waals surface area (Å²) < 4.78 is 0.867. The molecule has 3 heteroatoms. The first-order valence-electron chi connectivity index (χ1n) is 5.88. The van der Waals surface area contributed by atoms with E-state index in [1.807, 2.05) is 30.3 Å². The summed E-state index contributed by atoms with van der Waals surface area (Å²) in [5.41, 5.74) is 3.35. The third kappa shape index (κ3) is 1.89. The Hall–Kier alpha value is -0.830. The average molecular weight is 324 g/mol. The van der Waals surface area contributed by atoms with Gasteiger partial charge >= 0.3 is 0 Å². The number of aliphatic hydroxyl groups excluding tert-OH is 1. The first kappa shape index (κ1) is 12.2. The minimum atomic E-state index is -0.553. The molecule has 3 rings (SSSR count). The standard InChI is InChI=1S/C15H12BrClO/c16-12-6-3-7-13(17)14(12)15(18)11-8-9-4-1-2-5-10(9)11/h1-7,11,15,18H,8H2.